The van der Waals surface area contributed by atoms with Crippen LogP contribution in [0.4, 0.5) is 13.2 Å². The van der Waals surface area contributed by atoms with Gasteiger partial charge in [-0.25, -0.2) is 0 Å². The van der Waals surface area contributed by atoms with Gasteiger partial charge in [-0.15, -0.1) is 0 Å². The molecule has 27 heavy (non-hydrogen) atoms. The molecule has 2 atom stereocenters. The summed E-state index contributed by atoms with van der Waals surface area (Å²) in [6, 6.07) is 14.6. The second kappa shape index (κ2) is 7.04. The summed E-state index contributed by atoms with van der Waals surface area (Å²) in [5.74, 6) is -0.0530. The summed E-state index contributed by atoms with van der Waals surface area (Å²) >= 11 is 0. The van der Waals surface area contributed by atoms with Crippen LogP contribution < -0.4 is 0 Å². The van der Waals surface area contributed by atoms with Crippen molar-refractivity contribution in [1.29, 1.82) is 0 Å². The smallest absolute Gasteiger partial charge is 0.416 e. The van der Waals surface area contributed by atoms with Crippen molar-refractivity contribution in [2.45, 2.75) is 32.0 Å². The SMILES string of the molecule is C[C@H]1CN(Cc2ccccc2)CC[C@H]1c1c(C(F)(F)F)ccc2ccoc12. The molecule has 1 saturated heterocycles. The van der Waals surface area contributed by atoms with Crippen molar-refractivity contribution in [2.24, 2.45) is 5.92 Å². The van der Waals surface area contributed by atoms with Crippen molar-refractivity contribution < 1.29 is 17.6 Å². The second-order valence-corrected chi connectivity index (χ2v) is 7.46. The molecule has 142 valence electrons. The molecule has 0 N–H and O–H groups in total. The van der Waals surface area contributed by atoms with E-state index in [1.165, 1.54) is 24.0 Å². The van der Waals surface area contributed by atoms with Crippen molar-refractivity contribution >= 4 is 11.0 Å². The third-order valence-electron chi connectivity index (χ3n) is 5.57. The Bertz CT molecular complexity index is 916. The van der Waals surface area contributed by atoms with E-state index in [9.17, 15) is 13.2 Å². The number of halogens is 3. The fourth-order valence-electron chi connectivity index (χ4n) is 4.32. The van der Waals surface area contributed by atoms with Crippen LogP contribution in [0.15, 0.2) is 59.2 Å². The Morgan fingerprint density at radius 2 is 1.85 bits per heavy atom. The molecule has 1 aliphatic heterocycles. The highest BCUT2D eigenvalue weighted by Gasteiger charge is 2.39. The number of benzene rings is 2. The summed E-state index contributed by atoms with van der Waals surface area (Å²) in [6.45, 7) is 4.42. The molecule has 4 rings (SSSR count). The molecule has 0 radical (unpaired) electrons. The molecule has 2 heterocycles. The predicted octanol–water partition coefficient (Wildman–Crippen LogP) is 6.08. The molecule has 0 spiro atoms. The van der Waals surface area contributed by atoms with Gasteiger partial charge in [0, 0.05) is 24.0 Å². The topological polar surface area (TPSA) is 16.4 Å². The molecule has 1 aromatic heterocycles. The van der Waals surface area contributed by atoms with Gasteiger partial charge >= 0.3 is 6.18 Å². The Morgan fingerprint density at radius 1 is 1.07 bits per heavy atom. The summed E-state index contributed by atoms with van der Waals surface area (Å²) in [6.07, 6.45) is -2.21. The number of piperidine rings is 1. The van der Waals surface area contributed by atoms with Crippen LogP contribution in [-0.2, 0) is 12.7 Å². The molecule has 2 aromatic carbocycles. The first-order valence-corrected chi connectivity index (χ1v) is 9.27. The van der Waals surface area contributed by atoms with Gasteiger partial charge in [0.2, 0.25) is 0 Å². The van der Waals surface area contributed by atoms with Gasteiger partial charge in [0.1, 0.15) is 5.58 Å². The van der Waals surface area contributed by atoms with Crippen molar-refractivity contribution in [1.82, 2.24) is 4.90 Å². The minimum absolute atomic E-state index is 0.110. The molecular formula is C22H22F3NO. The van der Waals surface area contributed by atoms with Gasteiger partial charge in [-0.1, -0.05) is 43.3 Å². The van der Waals surface area contributed by atoms with E-state index >= 15 is 0 Å². The first kappa shape index (κ1) is 18.1. The predicted molar refractivity (Wildman–Crippen MR) is 99.5 cm³/mol. The van der Waals surface area contributed by atoms with E-state index in [4.69, 9.17) is 4.42 Å². The summed E-state index contributed by atoms with van der Waals surface area (Å²) in [7, 11) is 0. The fourth-order valence-corrected chi connectivity index (χ4v) is 4.32. The van der Waals surface area contributed by atoms with Gasteiger partial charge in [-0.05, 0) is 42.5 Å². The molecule has 2 nitrogen and oxygen atoms in total. The lowest BCUT2D eigenvalue weighted by Crippen LogP contribution is -2.38. The Labute approximate surface area is 156 Å². The van der Waals surface area contributed by atoms with Gasteiger partial charge in [-0.3, -0.25) is 4.90 Å². The number of hydrogen-bond donors (Lipinski definition) is 0. The Morgan fingerprint density at radius 3 is 2.56 bits per heavy atom. The molecule has 3 aromatic rings. The molecule has 0 aliphatic carbocycles. The number of rotatable bonds is 3. The Hall–Kier alpha value is -2.27. The average Bonchev–Trinajstić information content (AvgIpc) is 3.10. The van der Waals surface area contributed by atoms with Gasteiger partial charge in [0.05, 0.1) is 11.8 Å². The highest BCUT2D eigenvalue weighted by molar-refractivity contribution is 5.82. The molecule has 0 amide bonds. The van der Waals surface area contributed by atoms with E-state index in [1.807, 2.05) is 25.1 Å². The van der Waals surface area contributed by atoms with E-state index in [-0.39, 0.29) is 11.8 Å². The lowest BCUT2D eigenvalue weighted by atomic mass is 9.78. The van der Waals surface area contributed by atoms with Crippen LogP contribution in [0.2, 0.25) is 0 Å². The molecule has 0 saturated carbocycles. The van der Waals surface area contributed by atoms with E-state index in [1.54, 1.807) is 6.07 Å². The minimum atomic E-state index is -4.38. The Balaban J connectivity index is 1.62. The highest BCUT2D eigenvalue weighted by atomic mass is 19.4. The highest BCUT2D eigenvalue weighted by Crippen LogP contribution is 2.44. The number of likely N-dealkylation sites (tertiary alicyclic amines) is 1. The van der Waals surface area contributed by atoms with Crippen LogP contribution in [0.1, 0.15) is 36.0 Å². The second-order valence-electron chi connectivity index (χ2n) is 7.46. The monoisotopic (exact) mass is 373 g/mol. The van der Waals surface area contributed by atoms with E-state index in [0.717, 1.165) is 25.0 Å². The van der Waals surface area contributed by atoms with Gasteiger partial charge < -0.3 is 4.42 Å². The first-order valence-electron chi connectivity index (χ1n) is 9.27. The summed E-state index contributed by atoms with van der Waals surface area (Å²) in [4.78, 5) is 2.33. The van der Waals surface area contributed by atoms with Crippen molar-refractivity contribution in [3.8, 4) is 0 Å². The Kier molecular flexibility index (Phi) is 4.72. The lowest BCUT2D eigenvalue weighted by molar-refractivity contribution is -0.138. The molecule has 0 unspecified atom stereocenters. The zero-order chi connectivity index (χ0) is 19.0. The van der Waals surface area contributed by atoms with Crippen LogP contribution in [0.3, 0.4) is 0 Å². The zero-order valence-electron chi connectivity index (χ0n) is 15.2. The zero-order valence-corrected chi connectivity index (χ0v) is 15.2. The van der Waals surface area contributed by atoms with Crippen molar-refractivity contribution in [3.05, 3.63) is 71.5 Å². The van der Waals surface area contributed by atoms with Crippen LogP contribution in [0.5, 0.6) is 0 Å². The number of furan rings is 1. The third kappa shape index (κ3) is 3.61. The average molecular weight is 373 g/mol. The summed E-state index contributed by atoms with van der Waals surface area (Å²) < 4.78 is 46.5. The molecule has 1 fully saturated rings. The van der Waals surface area contributed by atoms with Gasteiger partial charge in [0.25, 0.3) is 0 Å². The minimum Gasteiger partial charge on any atom is -0.464 e. The van der Waals surface area contributed by atoms with Crippen LogP contribution in [0, 0.1) is 5.92 Å². The van der Waals surface area contributed by atoms with Gasteiger partial charge in [0.15, 0.2) is 0 Å². The lowest BCUT2D eigenvalue weighted by Gasteiger charge is -2.38. The van der Waals surface area contributed by atoms with Crippen LogP contribution in [0.25, 0.3) is 11.0 Å². The van der Waals surface area contributed by atoms with Crippen molar-refractivity contribution in [3.63, 3.8) is 0 Å². The molecule has 5 heteroatoms. The van der Waals surface area contributed by atoms with E-state index < -0.39 is 11.7 Å². The third-order valence-corrected chi connectivity index (χ3v) is 5.57. The number of fused-ring (bicyclic) bond motifs is 1. The van der Waals surface area contributed by atoms with Crippen LogP contribution in [-0.4, -0.2) is 18.0 Å². The fraction of sp³-hybridized carbons (Fsp3) is 0.364. The number of hydrogen-bond acceptors (Lipinski definition) is 2. The molecule has 0 bridgehead atoms. The maximum atomic E-state index is 13.7. The van der Waals surface area contributed by atoms with Gasteiger partial charge in [-0.2, -0.15) is 13.2 Å². The maximum absolute atomic E-state index is 13.7. The summed E-state index contributed by atoms with van der Waals surface area (Å²) in [5, 5.41) is 0.733. The molecule has 1 aliphatic rings. The standard InChI is InChI=1S/C22H22F3NO/c1-15-13-26(14-16-5-3-2-4-6-16)11-9-18(15)20-19(22(23,24)25)8-7-17-10-12-27-21(17)20/h2-8,10,12,15,18H,9,11,13-14H2,1H3/t15-,18+/m0/s1. The molecular weight excluding hydrogens is 351 g/mol. The van der Waals surface area contributed by atoms with E-state index in [2.05, 4.69) is 17.0 Å². The van der Waals surface area contributed by atoms with Crippen LogP contribution >= 0.6 is 0 Å². The first-order chi connectivity index (χ1) is 12.9. The van der Waals surface area contributed by atoms with Crippen molar-refractivity contribution in [2.75, 3.05) is 13.1 Å². The van der Waals surface area contributed by atoms with E-state index in [0.29, 0.717) is 17.6 Å². The number of alkyl halides is 3. The summed E-state index contributed by atoms with van der Waals surface area (Å²) in [5.41, 5.74) is 1.39. The number of nitrogens with zero attached hydrogens (tertiary/aromatic N) is 1. The quantitative estimate of drug-likeness (QED) is 0.553. The normalized spacial score (nSPS) is 21.6. The largest absolute Gasteiger partial charge is 0.464 e. The maximum Gasteiger partial charge on any atom is 0.416 e.